The van der Waals surface area contributed by atoms with Crippen LogP contribution >= 0.6 is 12.4 Å². The van der Waals surface area contributed by atoms with E-state index >= 15 is 0 Å². The fraction of sp³-hybridized carbons (Fsp3) is 0.636. The average molecular weight is 276 g/mol. The number of halogens is 1. The smallest absolute Gasteiger partial charge is 0.149 e. The van der Waals surface area contributed by atoms with Gasteiger partial charge in [0.2, 0.25) is 0 Å². The molecule has 0 aromatic carbocycles. The van der Waals surface area contributed by atoms with Crippen LogP contribution in [0.1, 0.15) is 18.5 Å². The highest BCUT2D eigenvalue weighted by Gasteiger charge is 2.17. The first kappa shape index (κ1) is 14.5. The molecule has 0 saturated carbocycles. The molecule has 1 atom stereocenters. The summed E-state index contributed by atoms with van der Waals surface area (Å²) in [4.78, 5) is 0. The summed E-state index contributed by atoms with van der Waals surface area (Å²) in [6.07, 6.45) is 2.23. The summed E-state index contributed by atoms with van der Waals surface area (Å²) in [5, 5.41) is 11.8. The molecule has 1 aromatic heterocycles. The zero-order valence-corrected chi connectivity index (χ0v) is 11.5. The van der Waals surface area contributed by atoms with E-state index in [4.69, 9.17) is 0 Å². The van der Waals surface area contributed by atoms with E-state index in [1.165, 1.54) is 0 Å². The van der Waals surface area contributed by atoms with Gasteiger partial charge in [0.05, 0.1) is 16.5 Å². The molecule has 0 spiro atoms. The van der Waals surface area contributed by atoms with Crippen molar-refractivity contribution in [3.63, 3.8) is 0 Å². The number of hydrogen-bond donors (Lipinski definition) is 1. The van der Waals surface area contributed by atoms with Gasteiger partial charge in [-0.25, -0.2) is 0 Å². The maximum absolute atomic E-state index is 12.0. The zero-order valence-electron chi connectivity index (χ0n) is 9.89. The molecule has 2 rings (SSSR count). The van der Waals surface area contributed by atoms with Crippen molar-refractivity contribution in [2.45, 2.75) is 24.8 Å². The van der Waals surface area contributed by atoms with Crippen molar-refractivity contribution in [1.82, 2.24) is 15.5 Å². The third-order valence-corrected chi connectivity index (χ3v) is 4.31. The topological polar surface area (TPSA) is 54.9 Å². The Morgan fingerprint density at radius 1 is 1.35 bits per heavy atom. The van der Waals surface area contributed by atoms with E-state index < -0.39 is 10.8 Å². The van der Waals surface area contributed by atoms with Crippen LogP contribution in [0.4, 0.5) is 0 Å². The largest absolute Gasteiger partial charge is 0.317 e. The van der Waals surface area contributed by atoms with E-state index in [0.717, 1.165) is 37.4 Å². The van der Waals surface area contributed by atoms with Crippen LogP contribution in [0.5, 0.6) is 0 Å². The maximum atomic E-state index is 12.0. The average Bonchev–Trinajstić information content (AvgIpc) is 2.31. The van der Waals surface area contributed by atoms with E-state index in [1.807, 2.05) is 19.1 Å². The van der Waals surface area contributed by atoms with Crippen LogP contribution in [0, 0.1) is 12.8 Å². The molecule has 1 aliphatic heterocycles. The second-order valence-corrected chi connectivity index (χ2v) is 5.66. The minimum Gasteiger partial charge on any atom is -0.317 e. The zero-order chi connectivity index (χ0) is 11.4. The molecule has 6 heteroatoms. The van der Waals surface area contributed by atoms with Crippen LogP contribution in [0.3, 0.4) is 0 Å². The van der Waals surface area contributed by atoms with Crippen molar-refractivity contribution in [2.24, 2.45) is 5.92 Å². The second kappa shape index (κ2) is 7.03. The number of aromatic nitrogens is 2. The summed E-state index contributed by atoms with van der Waals surface area (Å²) in [7, 11) is -0.991. The first-order chi connectivity index (χ1) is 7.75. The van der Waals surface area contributed by atoms with Gasteiger partial charge in [-0.05, 0) is 50.9 Å². The lowest BCUT2D eigenvalue weighted by molar-refractivity contribution is 0.405. The molecule has 1 saturated heterocycles. The van der Waals surface area contributed by atoms with Crippen LogP contribution in [0.2, 0.25) is 0 Å². The van der Waals surface area contributed by atoms with Crippen LogP contribution in [-0.4, -0.2) is 33.2 Å². The molecular formula is C11H18ClN3OS. The Hall–Kier alpha value is -0.520. The number of nitrogens with zero attached hydrogens (tertiary/aromatic N) is 2. The summed E-state index contributed by atoms with van der Waals surface area (Å²) in [6.45, 7) is 3.97. The van der Waals surface area contributed by atoms with Crippen molar-refractivity contribution in [2.75, 3.05) is 18.8 Å². The summed E-state index contributed by atoms with van der Waals surface area (Å²) in [6, 6.07) is 3.68. The van der Waals surface area contributed by atoms with E-state index in [0.29, 0.717) is 10.9 Å². The van der Waals surface area contributed by atoms with Gasteiger partial charge in [0.25, 0.3) is 0 Å². The standard InChI is InChI=1S/C11H17N3OS.ClH/c1-9-2-3-11(14-13-9)16(15)8-10-4-6-12-7-5-10;/h2-3,10,12H,4-8H2,1H3;1H. The summed E-state index contributed by atoms with van der Waals surface area (Å²) in [5.74, 6) is 1.28. The Morgan fingerprint density at radius 3 is 2.65 bits per heavy atom. The fourth-order valence-electron chi connectivity index (χ4n) is 1.86. The maximum Gasteiger partial charge on any atom is 0.149 e. The molecule has 0 aliphatic carbocycles. The lowest BCUT2D eigenvalue weighted by Crippen LogP contribution is -2.30. The molecular weight excluding hydrogens is 258 g/mol. The highest BCUT2D eigenvalue weighted by molar-refractivity contribution is 7.84. The lowest BCUT2D eigenvalue weighted by Gasteiger charge is -2.21. The lowest BCUT2D eigenvalue weighted by atomic mass is 10.0. The quantitative estimate of drug-likeness (QED) is 0.904. The highest BCUT2D eigenvalue weighted by atomic mass is 35.5. The third kappa shape index (κ3) is 4.33. The summed E-state index contributed by atoms with van der Waals surface area (Å²) < 4.78 is 12.0. The molecule has 96 valence electrons. The molecule has 4 nitrogen and oxygen atoms in total. The van der Waals surface area contributed by atoms with E-state index in [2.05, 4.69) is 15.5 Å². The van der Waals surface area contributed by atoms with Gasteiger partial charge in [-0.15, -0.1) is 17.5 Å². The van der Waals surface area contributed by atoms with Crippen LogP contribution in [0.15, 0.2) is 17.2 Å². The van der Waals surface area contributed by atoms with Crippen LogP contribution in [-0.2, 0) is 10.8 Å². The van der Waals surface area contributed by atoms with Gasteiger partial charge in [0, 0.05) is 5.75 Å². The molecule has 0 amide bonds. The number of aryl methyl sites for hydroxylation is 1. The number of nitrogens with one attached hydrogen (secondary N) is 1. The molecule has 1 unspecified atom stereocenters. The van der Waals surface area contributed by atoms with Crippen molar-refractivity contribution in [3.05, 3.63) is 17.8 Å². The fourth-order valence-corrected chi connectivity index (χ4v) is 3.14. The molecule has 2 heterocycles. The van der Waals surface area contributed by atoms with E-state index in [-0.39, 0.29) is 12.4 Å². The van der Waals surface area contributed by atoms with Crippen LogP contribution in [0.25, 0.3) is 0 Å². The van der Waals surface area contributed by atoms with E-state index in [9.17, 15) is 4.21 Å². The van der Waals surface area contributed by atoms with Gasteiger partial charge in [-0.1, -0.05) is 0 Å². The van der Waals surface area contributed by atoms with Crippen molar-refractivity contribution < 1.29 is 4.21 Å². The minimum atomic E-state index is -0.991. The van der Waals surface area contributed by atoms with Gasteiger partial charge in [0.1, 0.15) is 5.03 Å². The second-order valence-electron chi connectivity index (χ2n) is 4.22. The Balaban J connectivity index is 0.00000144. The first-order valence-corrected chi connectivity index (χ1v) is 6.97. The summed E-state index contributed by atoms with van der Waals surface area (Å²) in [5.41, 5.74) is 0.864. The molecule has 1 aliphatic rings. The normalized spacial score (nSPS) is 18.4. The Bertz CT molecular complexity index is 365. The predicted octanol–water partition coefficient (Wildman–Crippen LogP) is 1.31. The predicted molar refractivity (Wildman–Crippen MR) is 70.9 cm³/mol. The molecule has 1 N–H and O–H groups in total. The molecule has 1 aromatic rings. The SMILES string of the molecule is Cc1ccc(S(=O)CC2CCNCC2)nn1.Cl. The molecule has 1 fully saturated rings. The Morgan fingerprint density at radius 2 is 2.06 bits per heavy atom. The first-order valence-electron chi connectivity index (χ1n) is 5.65. The van der Waals surface area contributed by atoms with Gasteiger partial charge < -0.3 is 5.32 Å². The highest BCUT2D eigenvalue weighted by Crippen LogP contribution is 2.15. The molecule has 17 heavy (non-hydrogen) atoms. The third-order valence-electron chi connectivity index (χ3n) is 2.85. The van der Waals surface area contributed by atoms with Crippen molar-refractivity contribution in [1.29, 1.82) is 0 Å². The van der Waals surface area contributed by atoms with Crippen LogP contribution < -0.4 is 5.32 Å². The molecule has 0 radical (unpaired) electrons. The number of piperidine rings is 1. The van der Waals surface area contributed by atoms with E-state index in [1.54, 1.807) is 0 Å². The van der Waals surface area contributed by atoms with Crippen molar-refractivity contribution in [3.8, 4) is 0 Å². The van der Waals surface area contributed by atoms with Gasteiger partial charge in [0.15, 0.2) is 0 Å². The van der Waals surface area contributed by atoms with Gasteiger partial charge >= 0.3 is 0 Å². The monoisotopic (exact) mass is 275 g/mol. The number of rotatable bonds is 3. The van der Waals surface area contributed by atoms with Crippen molar-refractivity contribution >= 4 is 23.2 Å². The molecule has 0 bridgehead atoms. The Kier molecular flexibility index (Phi) is 6.02. The summed E-state index contributed by atoms with van der Waals surface area (Å²) >= 11 is 0. The Labute approximate surface area is 110 Å². The minimum absolute atomic E-state index is 0. The van der Waals surface area contributed by atoms with Gasteiger partial charge in [-0.2, -0.15) is 5.10 Å². The number of hydrogen-bond acceptors (Lipinski definition) is 4. The van der Waals surface area contributed by atoms with Gasteiger partial charge in [-0.3, -0.25) is 4.21 Å².